The van der Waals surface area contributed by atoms with Crippen LogP contribution in [0.15, 0.2) is 18.2 Å². The number of hydrogen-bond donors (Lipinski definition) is 1. The molecule has 1 spiro atoms. The molecule has 0 heterocycles. The number of aliphatic hydroxyl groups excluding tert-OH is 1. The molecule has 1 aromatic carbocycles. The van der Waals surface area contributed by atoms with Crippen LogP contribution in [0.3, 0.4) is 0 Å². The summed E-state index contributed by atoms with van der Waals surface area (Å²) in [6.07, 6.45) is 10.8. The van der Waals surface area contributed by atoms with Crippen molar-refractivity contribution < 1.29 is 9.84 Å². The summed E-state index contributed by atoms with van der Waals surface area (Å²) >= 11 is 0. The first-order valence-electron chi connectivity index (χ1n) is 8.24. The minimum absolute atomic E-state index is 0.0793. The van der Waals surface area contributed by atoms with Crippen LogP contribution in [0, 0.1) is 5.41 Å². The highest BCUT2D eigenvalue weighted by Crippen LogP contribution is 2.54. The molecule has 1 aromatic rings. The van der Waals surface area contributed by atoms with Gasteiger partial charge in [0.05, 0.1) is 6.10 Å². The molecule has 20 heavy (non-hydrogen) atoms. The molecule has 0 saturated heterocycles. The molecule has 108 valence electrons. The fourth-order valence-electron chi connectivity index (χ4n) is 4.53. The molecule has 2 atom stereocenters. The molecule has 1 N–H and O–H groups in total. The molecule has 0 amide bonds. The molecular formula is C18H24O2. The van der Waals surface area contributed by atoms with Crippen LogP contribution in [-0.4, -0.2) is 17.3 Å². The van der Waals surface area contributed by atoms with Crippen molar-refractivity contribution >= 4 is 0 Å². The van der Waals surface area contributed by atoms with Gasteiger partial charge in [0.1, 0.15) is 11.9 Å². The lowest BCUT2D eigenvalue weighted by Gasteiger charge is -2.51. The minimum Gasteiger partial charge on any atom is -0.490 e. The molecule has 0 aliphatic heterocycles. The zero-order chi connectivity index (χ0) is 13.6. The van der Waals surface area contributed by atoms with Crippen LogP contribution in [0.25, 0.3) is 0 Å². The third-order valence-electron chi connectivity index (χ3n) is 5.87. The zero-order valence-corrected chi connectivity index (χ0v) is 12.1. The third kappa shape index (κ3) is 1.88. The van der Waals surface area contributed by atoms with Gasteiger partial charge in [-0.05, 0) is 61.8 Å². The molecule has 2 heteroatoms. The van der Waals surface area contributed by atoms with E-state index in [9.17, 15) is 5.11 Å². The van der Waals surface area contributed by atoms with Crippen LogP contribution < -0.4 is 4.74 Å². The summed E-state index contributed by atoms with van der Waals surface area (Å²) in [5, 5.41) is 10.2. The molecule has 0 radical (unpaired) electrons. The van der Waals surface area contributed by atoms with Crippen LogP contribution in [0.2, 0.25) is 0 Å². The van der Waals surface area contributed by atoms with Crippen molar-refractivity contribution in [2.75, 3.05) is 0 Å². The Morgan fingerprint density at radius 3 is 2.50 bits per heavy atom. The molecule has 2 nitrogen and oxygen atoms in total. The van der Waals surface area contributed by atoms with Crippen molar-refractivity contribution in [3.05, 3.63) is 29.3 Å². The molecule has 3 aliphatic carbocycles. The second kappa shape index (κ2) is 4.77. The molecular weight excluding hydrogens is 248 g/mol. The average molecular weight is 272 g/mol. The van der Waals surface area contributed by atoms with Crippen LogP contribution in [-0.2, 0) is 12.8 Å². The quantitative estimate of drug-likeness (QED) is 0.890. The van der Waals surface area contributed by atoms with Crippen molar-refractivity contribution in [2.24, 2.45) is 5.41 Å². The highest BCUT2D eigenvalue weighted by Gasteiger charge is 2.57. The fraction of sp³-hybridized carbons (Fsp3) is 0.667. The van der Waals surface area contributed by atoms with E-state index in [4.69, 9.17) is 4.74 Å². The summed E-state index contributed by atoms with van der Waals surface area (Å²) in [5.41, 5.74) is 3.07. The smallest absolute Gasteiger partial charge is 0.120 e. The normalized spacial score (nSPS) is 30.9. The maximum absolute atomic E-state index is 10.2. The van der Waals surface area contributed by atoms with Gasteiger partial charge in [-0.3, -0.25) is 0 Å². The second-order valence-corrected chi connectivity index (χ2v) is 6.94. The van der Waals surface area contributed by atoms with Gasteiger partial charge in [0, 0.05) is 11.8 Å². The lowest BCUT2D eigenvalue weighted by Crippen LogP contribution is -2.58. The number of ether oxygens (including phenoxy) is 1. The van der Waals surface area contributed by atoms with Gasteiger partial charge in [0.15, 0.2) is 0 Å². The number of aryl methyl sites for hydroxylation is 2. The maximum Gasteiger partial charge on any atom is 0.120 e. The highest BCUT2D eigenvalue weighted by molar-refractivity contribution is 5.37. The SMILES string of the molecule is OC1CC(Oc2ccc3c(c2)CCCC3)C12CCCC2. The predicted octanol–water partition coefficient (Wildman–Crippen LogP) is 3.64. The summed E-state index contributed by atoms with van der Waals surface area (Å²) in [7, 11) is 0. The summed E-state index contributed by atoms with van der Waals surface area (Å²) in [4.78, 5) is 0. The number of hydrogen-bond acceptors (Lipinski definition) is 2. The van der Waals surface area contributed by atoms with Crippen molar-refractivity contribution in [2.45, 2.75) is 70.0 Å². The van der Waals surface area contributed by atoms with E-state index in [-0.39, 0.29) is 17.6 Å². The highest BCUT2D eigenvalue weighted by atomic mass is 16.5. The first kappa shape index (κ1) is 12.7. The lowest BCUT2D eigenvalue weighted by molar-refractivity contribution is -0.152. The van der Waals surface area contributed by atoms with Gasteiger partial charge < -0.3 is 9.84 Å². The number of benzene rings is 1. The van der Waals surface area contributed by atoms with Gasteiger partial charge in [-0.15, -0.1) is 0 Å². The van der Waals surface area contributed by atoms with E-state index in [1.54, 1.807) is 0 Å². The van der Waals surface area contributed by atoms with Crippen LogP contribution in [0.1, 0.15) is 56.1 Å². The summed E-state index contributed by atoms with van der Waals surface area (Å²) in [6, 6.07) is 6.64. The van der Waals surface area contributed by atoms with E-state index in [1.807, 2.05) is 0 Å². The zero-order valence-electron chi connectivity index (χ0n) is 12.1. The van der Waals surface area contributed by atoms with E-state index in [1.165, 1.54) is 49.7 Å². The largest absolute Gasteiger partial charge is 0.490 e. The van der Waals surface area contributed by atoms with Gasteiger partial charge in [0.25, 0.3) is 0 Å². The Balaban J connectivity index is 1.52. The molecule has 0 bridgehead atoms. The Labute approximate surface area is 121 Å². The van der Waals surface area contributed by atoms with Crippen LogP contribution in [0.5, 0.6) is 5.75 Å². The number of aliphatic hydroxyl groups is 1. The Kier molecular flexibility index (Phi) is 3.03. The van der Waals surface area contributed by atoms with Gasteiger partial charge >= 0.3 is 0 Å². The van der Waals surface area contributed by atoms with Crippen LogP contribution in [0.4, 0.5) is 0 Å². The van der Waals surface area contributed by atoms with E-state index >= 15 is 0 Å². The van der Waals surface area contributed by atoms with Gasteiger partial charge in [0.2, 0.25) is 0 Å². The minimum atomic E-state index is -0.132. The van der Waals surface area contributed by atoms with Crippen molar-refractivity contribution in [1.82, 2.24) is 0 Å². The molecule has 2 unspecified atom stereocenters. The summed E-state index contributed by atoms with van der Waals surface area (Å²) < 4.78 is 6.26. The Morgan fingerprint density at radius 1 is 1.00 bits per heavy atom. The Morgan fingerprint density at radius 2 is 1.75 bits per heavy atom. The lowest BCUT2D eigenvalue weighted by atomic mass is 9.62. The maximum atomic E-state index is 10.2. The van der Waals surface area contributed by atoms with E-state index in [2.05, 4.69) is 18.2 Å². The molecule has 4 rings (SSSR count). The summed E-state index contributed by atoms with van der Waals surface area (Å²) in [5.74, 6) is 1.02. The van der Waals surface area contributed by atoms with E-state index in [0.29, 0.717) is 0 Å². The van der Waals surface area contributed by atoms with Gasteiger partial charge in [-0.25, -0.2) is 0 Å². The first-order valence-corrected chi connectivity index (χ1v) is 8.24. The van der Waals surface area contributed by atoms with Gasteiger partial charge in [-0.1, -0.05) is 18.9 Å². The monoisotopic (exact) mass is 272 g/mol. The van der Waals surface area contributed by atoms with Crippen molar-refractivity contribution in [3.63, 3.8) is 0 Å². The third-order valence-corrected chi connectivity index (χ3v) is 5.87. The fourth-order valence-corrected chi connectivity index (χ4v) is 4.53. The molecule has 2 saturated carbocycles. The number of rotatable bonds is 2. The summed E-state index contributed by atoms with van der Waals surface area (Å²) in [6.45, 7) is 0. The number of fused-ring (bicyclic) bond motifs is 1. The Hall–Kier alpha value is -1.02. The average Bonchev–Trinajstić information content (AvgIpc) is 2.99. The topological polar surface area (TPSA) is 29.5 Å². The van der Waals surface area contributed by atoms with Crippen molar-refractivity contribution in [1.29, 1.82) is 0 Å². The molecule has 3 aliphatic rings. The van der Waals surface area contributed by atoms with Crippen molar-refractivity contribution in [3.8, 4) is 5.75 Å². The standard InChI is InChI=1S/C18H24O2/c19-16-12-17(18(16)9-3-4-10-18)20-15-8-7-13-5-1-2-6-14(13)11-15/h7-8,11,16-17,19H,1-6,9-10,12H2. The first-order chi connectivity index (χ1) is 9.78. The van der Waals surface area contributed by atoms with E-state index in [0.717, 1.165) is 25.0 Å². The van der Waals surface area contributed by atoms with E-state index < -0.39 is 0 Å². The van der Waals surface area contributed by atoms with Crippen LogP contribution >= 0.6 is 0 Å². The predicted molar refractivity (Wildman–Crippen MR) is 79.0 cm³/mol. The molecule has 0 aromatic heterocycles. The molecule has 2 fully saturated rings. The Bertz CT molecular complexity index is 502. The van der Waals surface area contributed by atoms with Gasteiger partial charge in [-0.2, -0.15) is 0 Å². The second-order valence-electron chi connectivity index (χ2n) is 6.94.